The third-order valence-electron chi connectivity index (χ3n) is 4.87. The van der Waals surface area contributed by atoms with Gasteiger partial charge in [0, 0.05) is 31.0 Å². The first kappa shape index (κ1) is 19.2. The summed E-state index contributed by atoms with van der Waals surface area (Å²) in [5.74, 6) is 0.781. The summed E-state index contributed by atoms with van der Waals surface area (Å²) < 4.78 is 5.21. The molecule has 0 aliphatic carbocycles. The molecule has 3 rings (SSSR count). The Hall–Kier alpha value is -2.53. The van der Waals surface area contributed by atoms with Gasteiger partial charge in [0.2, 0.25) is 5.91 Å². The molecule has 0 unspecified atom stereocenters. The van der Waals surface area contributed by atoms with E-state index in [1.165, 1.54) is 31.4 Å². The van der Waals surface area contributed by atoms with E-state index < -0.39 is 0 Å². The van der Waals surface area contributed by atoms with Crippen molar-refractivity contribution in [2.75, 3.05) is 37.0 Å². The average molecular weight is 367 g/mol. The van der Waals surface area contributed by atoms with Crippen LogP contribution in [0.4, 0.5) is 11.4 Å². The molecule has 0 aromatic heterocycles. The molecule has 1 fully saturated rings. The molecule has 2 aromatic rings. The first-order valence-electron chi connectivity index (χ1n) is 9.73. The van der Waals surface area contributed by atoms with Crippen molar-refractivity contribution in [1.29, 1.82) is 0 Å². The number of benzene rings is 2. The molecule has 1 amide bonds. The Bertz CT molecular complexity index is 723. The van der Waals surface area contributed by atoms with Crippen LogP contribution in [0.3, 0.4) is 0 Å². The van der Waals surface area contributed by atoms with Gasteiger partial charge in [0.25, 0.3) is 0 Å². The lowest BCUT2D eigenvalue weighted by molar-refractivity contribution is -0.115. The van der Waals surface area contributed by atoms with E-state index >= 15 is 0 Å². The Morgan fingerprint density at radius 2 is 1.78 bits per heavy atom. The number of anilines is 2. The molecule has 2 N–H and O–H groups in total. The Morgan fingerprint density at radius 1 is 1.04 bits per heavy atom. The summed E-state index contributed by atoms with van der Waals surface area (Å²) in [4.78, 5) is 14.6. The van der Waals surface area contributed by atoms with Crippen molar-refractivity contribution in [3.63, 3.8) is 0 Å². The standard InChI is InChI=1S/C22H29N3O2/c1-27-21-8-6-7-18(15-21)16-23-17-22(26)24-19-9-11-20(12-10-19)25-13-4-2-3-5-14-25/h6-12,15,23H,2-5,13-14,16-17H2,1H3,(H,24,26). The molecule has 0 radical (unpaired) electrons. The molecule has 0 saturated carbocycles. The molecule has 1 saturated heterocycles. The predicted octanol–water partition coefficient (Wildman–Crippen LogP) is 3.80. The molecule has 5 heteroatoms. The van der Waals surface area contributed by atoms with Crippen LogP contribution < -0.4 is 20.3 Å². The summed E-state index contributed by atoms with van der Waals surface area (Å²) in [5, 5.41) is 6.12. The van der Waals surface area contributed by atoms with Crippen LogP contribution in [0.2, 0.25) is 0 Å². The van der Waals surface area contributed by atoms with E-state index in [0.717, 1.165) is 30.1 Å². The summed E-state index contributed by atoms with van der Waals surface area (Å²) in [6.45, 7) is 3.14. The number of methoxy groups -OCH3 is 1. The van der Waals surface area contributed by atoms with Crippen LogP contribution in [0.15, 0.2) is 48.5 Å². The second-order valence-electron chi connectivity index (χ2n) is 6.95. The van der Waals surface area contributed by atoms with Gasteiger partial charge in [0.1, 0.15) is 5.75 Å². The van der Waals surface area contributed by atoms with E-state index in [1.54, 1.807) is 7.11 Å². The number of hydrogen-bond acceptors (Lipinski definition) is 4. The number of hydrogen-bond donors (Lipinski definition) is 2. The Kier molecular flexibility index (Phi) is 7.11. The van der Waals surface area contributed by atoms with Gasteiger partial charge >= 0.3 is 0 Å². The zero-order valence-corrected chi connectivity index (χ0v) is 16.0. The van der Waals surface area contributed by atoms with Crippen LogP contribution in [0, 0.1) is 0 Å². The van der Waals surface area contributed by atoms with E-state index in [9.17, 15) is 4.79 Å². The minimum Gasteiger partial charge on any atom is -0.497 e. The molecule has 0 spiro atoms. The van der Waals surface area contributed by atoms with E-state index in [2.05, 4.69) is 27.7 Å². The second kappa shape index (κ2) is 9.97. The van der Waals surface area contributed by atoms with Crippen LogP contribution in [0.5, 0.6) is 5.75 Å². The third-order valence-corrected chi connectivity index (χ3v) is 4.87. The topological polar surface area (TPSA) is 53.6 Å². The maximum atomic E-state index is 12.1. The Balaban J connectivity index is 1.44. The highest BCUT2D eigenvalue weighted by Gasteiger charge is 2.10. The largest absolute Gasteiger partial charge is 0.497 e. The van der Waals surface area contributed by atoms with Crippen LogP contribution in [0.25, 0.3) is 0 Å². The van der Waals surface area contributed by atoms with Crippen LogP contribution in [-0.2, 0) is 11.3 Å². The van der Waals surface area contributed by atoms with Crippen LogP contribution in [0.1, 0.15) is 31.2 Å². The zero-order chi connectivity index (χ0) is 18.9. The van der Waals surface area contributed by atoms with Gasteiger partial charge in [-0.15, -0.1) is 0 Å². The number of nitrogens with one attached hydrogen (secondary N) is 2. The highest BCUT2D eigenvalue weighted by molar-refractivity contribution is 5.92. The summed E-state index contributed by atoms with van der Waals surface area (Å²) in [6.07, 6.45) is 5.18. The fraction of sp³-hybridized carbons (Fsp3) is 0.409. The molecule has 5 nitrogen and oxygen atoms in total. The van der Waals surface area contributed by atoms with Crippen molar-refractivity contribution in [3.8, 4) is 5.75 Å². The van der Waals surface area contributed by atoms with E-state index in [1.807, 2.05) is 36.4 Å². The number of amides is 1. The summed E-state index contributed by atoms with van der Waals surface area (Å²) in [7, 11) is 1.65. The fourth-order valence-corrected chi connectivity index (χ4v) is 3.39. The van der Waals surface area contributed by atoms with Gasteiger partial charge in [0.15, 0.2) is 0 Å². The normalized spacial score (nSPS) is 14.5. The smallest absolute Gasteiger partial charge is 0.238 e. The minimum atomic E-state index is -0.0413. The molecule has 1 aliphatic rings. The lowest BCUT2D eigenvalue weighted by atomic mass is 10.2. The summed E-state index contributed by atoms with van der Waals surface area (Å²) in [6, 6.07) is 16.0. The highest BCUT2D eigenvalue weighted by Crippen LogP contribution is 2.21. The number of carbonyl (C=O) groups is 1. The number of nitrogens with zero attached hydrogens (tertiary/aromatic N) is 1. The minimum absolute atomic E-state index is 0.0413. The molecule has 1 heterocycles. The Morgan fingerprint density at radius 3 is 2.48 bits per heavy atom. The molecule has 0 bridgehead atoms. The zero-order valence-electron chi connectivity index (χ0n) is 16.0. The maximum absolute atomic E-state index is 12.1. The first-order valence-corrected chi connectivity index (χ1v) is 9.73. The maximum Gasteiger partial charge on any atom is 0.238 e. The van der Waals surface area contributed by atoms with Crippen molar-refractivity contribution in [1.82, 2.24) is 5.32 Å². The lowest BCUT2D eigenvalue weighted by Crippen LogP contribution is -2.27. The fourth-order valence-electron chi connectivity index (χ4n) is 3.39. The summed E-state index contributed by atoms with van der Waals surface area (Å²) in [5.41, 5.74) is 3.16. The number of ether oxygens (including phenoxy) is 1. The van der Waals surface area contributed by atoms with Gasteiger partial charge in [-0.1, -0.05) is 25.0 Å². The molecule has 1 aliphatic heterocycles. The van der Waals surface area contributed by atoms with Gasteiger partial charge in [-0.2, -0.15) is 0 Å². The SMILES string of the molecule is COc1cccc(CNCC(=O)Nc2ccc(N3CCCCCC3)cc2)c1. The number of rotatable bonds is 7. The monoisotopic (exact) mass is 367 g/mol. The quantitative estimate of drug-likeness (QED) is 0.781. The van der Waals surface area contributed by atoms with Gasteiger partial charge in [-0.05, 0) is 54.8 Å². The summed E-state index contributed by atoms with van der Waals surface area (Å²) >= 11 is 0. The molecule has 27 heavy (non-hydrogen) atoms. The van der Waals surface area contributed by atoms with Crippen molar-refractivity contribution in [2.24, 2.45) is 0 Å². The molecule has 2 aromatic carbocycles. The van der Waals surface area contributed by atoms with E-state index in [0.29, 0.717) is 6.54 Å². The Labute approximate surface area is 161 Å². The van der Waals surface area contributed by atoms with E-state index in [4.69, 9.17) is 4.74 Å². The van der Waals surface area contributed by atoms with Crippen molar-refractivity contribution in [2.45, 2.75) is 32.2 Å². The van der Waals surface area contributed by atoms with Gasteiger partial charge < -0.3 is 20.3 Å². The second-order valence-corrected chi connectivity index (χ2v) is 6.95. The average Bonchev–Trinajstić information content (AvgIpc) is 2.98. The van der Waals surface area contributed by atoms with Gasteiger partial charge in [-0.3, -0.25) is 4.79 Å². The van der Waals surface area contributed by atoms with Crippen LogP contribution in [-0.4, -0.2) is 32.7 Å². The van der Waals surface area contributed by atoms with E-state index in [-0.39, 0.29) is 12.5 Å². The molecule has 0 atom stereocenters. The first-order chi connectivity index (χ1) is 13.2. The predicted molar refractivity (Wildman–Crippen MR) is 110 cm³/mol. The van der Waals surface area contributed by atoms with Crippen molar-refractivity contribution in [3.05, 3.63) is 54.1 Å². The van der Waals surface area contributed by atoms with Gasteiger partial charge in [0.05, 0.1) is 13.7 Å². The van der Waals surface area contributed by atoms with Crippen molar-refractivity contribution < 1.29 is 9.53 Å². The molecule has 144 valence electrons. The van der Waals surface area contributed by atoms with Crippen molar-refractivity contribution >= 4 is 17.3 Å². The number of carbonyl (C=O) groups excluding carboxylic acids is 1. The van der Waals surface area contributed by atoms with Crippen LogP contribution >= 0.6 is 0 Å². The highest BCUT2D eigenvalue weighted by atomic mass is 16.5. The molecular weight excluding hydrogens is 338 g/mol. The van der Waals surface area contributed by atoms with Gasteiger partial charge in [-0.25, -0.2) is 0 Å². The molecular formula is C22H29N3O2. The third kappa shape index (κ3) is 6.00. The lowest BCUT2D eigenvalue weighted by Gasteiger charge is -2.22.